The summed E-state index contributed by atoms with van der Waals surface area (Å²) in [7, 11) is 1.27. The molecule has 1 N–H and O–H groups in total. The van der Waals surface area contributed by atoms with Gasteiger partial charge in [-0.2, -0.15) is 5.10 Å². The smallest absolute Gasteiger partial charge is 0.307 e. The number of carbonyl (C=O) groups is 2. The molecule has 0 aliphatic heterocycles. The van der Waals surface area contributed by atoms with Crippen LogP contribution in [0.4, 0.5) is 5.69 Å². The first-order valence-electron chi connectivity index (χ1n) is 5.53. The highest BCUT2D eigenvalue weighted by Crippen LogP contribution is 2.07. The van der Waals surface area contributed by atoms with E-state index in [1.165, 1.54) is 18.0 Å². The van der Waals surface area contributed by atoms with E-state index in [2.05, 4.69) is 15.2 Å². The van der Waals surface area contributed by atoms with E-state index in [1.54, 1.807) is 0 Å². The van der Waals surface area contributed by atoms with Gasteiger partial charge in [-0.3, -0.25) is 24.4 Å². The Balaban J connectivity index is 2.26. The first-order chi connectivity index (χ1) is 9.02. The molecule has 9 heteroatoms. The zero-order valence-electron chi connectivity index (χ0n) is 10.4. The molecule has 0 unspecified atom stereocenters. The van der Waals surface area contributed by atoms with Gasteiger partial charge in [-0.15, -0.1) is 0 Å². The Labute approximate surface area is 108 Å². The van der Waals surface area contributed by atoms with Crippen LogP contribution in [0, 0.1) is 10.1 Å². The zero-order valence-corrected chi connectivity index (χ0v) is 10.4. The number of nitrogens with zero attached hydrogens (tertiary/aromatic N) is 3. The number of rotatable bonds is 7. The van der Waals surface area contributed by atoms with Crippen LogP contribution in [-0.4, -0.2) is 40.2 Å². The minimum absolute atomic E-state index is 0.107. The van der Waals surface area contributed by atoms with Crippen molar-refractivity contribution in [3.8, 4) is 0 Å². The SMILES string of the molecule is COC(=O)CCNC(=O)CCn1cc([N+](=O)[O-])cn1. The molecule has 0 atom stereocenters. The Hall–Kier alpha value is -2.45. The molecule has 0 aliphatic carbocycles. The first kappa shape index (κ1) is 14.6. The number of aromatic nitrogens is 2. The summed E-state index contributed by atoms with van der Waals surface area (Å²) in [5, 5.41) is 16.7. The normalized spacial score (nSPS) is 9.95. The van der Waals surface area contributed by atoms with Crippen LogP contribution in [0.15, 0.2) is 12.4 Å². The summed E-state index contributed by atoms with van der Waals surface area (Å²) < 4.78 is 5.74. The van der Waals surface area contributed by atoms with E-state index in [4.69, 9.17) is 0 Å². The lowest BCUT2D eigenvalue weighted by Crippen LogP contribution is -2.27. The zero-order chi connectivity index (χ0) is 14.3. The third kappa shape index (κ3) is 5.15. The summed E-state index contributed by atoms with van der Waals surface area (Å²) in [6.45, 7) is 0.433. The second kappa shape index (κ2) is 7.09. The van der Waals surface area contributed by atoms with Crippen LogP contribution in [0.3, 0.4) is 0 Å². The van der Waals surface area contributed by atoms with E-state index in [0.717, 1.165) is 6.20 Å². The maximum atomic E-state index is 11.4. The van der Waals surface area contributed by atoms with Gasteiger partial charge in [0, 0.05) is 19.5 Å². The number of nitro groups is 1. The maximum absolute atomic E-state index is 11.4. The molecule has 0 fully saturated rings. The Kier molecular flexibility index (Phi) is 5.45. The summed E-state index contributed by atoms with van der Waals surface area (Å²) in [6, 6.07) is 0. The third-order valence-electron chi connectivity index (χ3n) is 2.28. The lowest BCUT2D eigenvalue weighted by Gasteiger charge is -2.04. The van der Waals surface area contributed by atoms with Crippen molar-refractivity contribution in [1.29, 1.82) is 0 Å². The third-order valence-corrected chi connectivity index (χ3v) is 2.28. The fraction of sp³-hybridized carbons (Fsp3) is 0.500. The van der Waals surface area contributed by atoms with Gasteiger partial charge in [-0.05, 0) is 0 Å². The monoisotopic (exact) mass is 270 g/mol. The second-order valence-corrected chi connectivity index (χ2v) is 3.64. The first-order valence-corrected chi connectivity index (χ1v) is 5.53. The van der Waals surface area contributed by atoms with E-state index >= 15 is 0 Å². The summed E-state index contributed by atoms with van der Waals surface area (Å²) in [6.07, 6.45) is 2.60. The molecule has 0 radical (unpaired) electrons. The lowest BCUT2D eigenvalue weighted by molar-refractivity contribution is -0.385. The molecule has 1 aromatic heterocycles. The number of esters is 1. The molecule has 1 heterocycles. The number of amides is 1. The molecule has 1 amide bonds. The Morgan fingerprint density at radius 2 is 2.26 bits per heavy atom. The molecule has 19 heavy (non-hydrogen) atoms. The van der Waals surface area contributed by atoms with Gasteiger partial charge in [0.05, 0.1) is 18.5 Å². The minimum atomic E-state index is -0.556. The van der Waals surface area contributed by atoms with Crippen molar-refractivity contribution in [3.63, 3.8) is 0 Å². The van der Waals surface area contributed by atoms with Crippen molar-refractivity contribution in [3.05, 3.63) is 22.5 Å². The number of nitrogens with one attached hydrogen (secondary N) is 1. The molecule has 0 saturated carbocycles. The van der Waals surface area contributed by atoms with Crippen LogP contribution in [0.2, 0.25) is 0 Å². The summed E-state index contributed by atoms with van der Waals surface area (Å²) >= 11 is 0. The van der Waals surface area contributed by atoms with Crippen LogP contribution in [0.5, 0.6) is 0 Å². The number of aryl methyl sites for hydroxylation is 1. The van der Waals surface area contributed by atoms with Gasteiger partial charge >= 0.3 is 11.7 Å². The molecule has 1 rings (SSSR count). The van der Waals surface area contributed by atoms with Crippen LogP contribution in [0.25, 0.3) is 0 Å². The summed E-state index contributed by atoms with van der Waals surface area (Å²) in [5.74, 6) is -0.662. The van der Waals surface area contributed by atoms with Crippen molar-refractivity contribution in [2.45, 2.75) is 19.4 Å². The van der Waals surface area contributed by atoms with Gasteiger partial charge in [0.25, 0.3) is 0 Å². The molecule has 0 aromatic carbocycles. The van der Waals surface area contributed by atoms with Gasteiger partial charge < -0.3 is 10.1 Å². The van der Waals surface area contributed by atoms with E-state index in [9.17, 15) is 19.7 Å². The van der Waals surface area contributed by atoms with Crippen LogP contribution < -0.4 is 5.32 Å². The van der Waals surface area contributed by atoms with E-state index in [0.29, 0.717) is 0 Å². The Morgan fingerprint density at radius 1 is 1.53 bits per heavy atom. The molecule has 0 bridgehead atoms. The molecule has 0 spiro atoms. The van der Waals surface area contributed by atoms with Crippen molar-refractivity contribution in [2.75, 3.05) is 13.7 Å². The largest absolute Gasteiger partial charge is 0.469 e. The molecule has 104 valence electrons. The van der Waals surface area contributed by atoms with Crippen LogP contribution in [0.1, 0.15) is 12.8 Å². The molecule has 1 aromatic rings. The predicted octanol–water partition coefficient (Wildman–Crippen LogP) is -0.139. The lowest BCUT2D eigenvalue weighted by atomic mass is 10.3. The van der Waals surface area contributed by atoms with Gasteiger partial charge in [0.15, 0.2) is 0 Å². The van der Waals surface area contributed by atoms with E-state index in [-0.39, 0.29) is 37.5 Å². The molecule has 9 nitrogen and oxygen atoms in total. The van der Waals surface area contributed by atoms with Crippen molar-refractivity contribution in [2.24, 2.45) is 0 Å². The topological polar surface area (TPSA) is 116 Å². The van der Waals surface area contributed by atoms with Crippen molar-refractivity contribution >= 4 is 17.6 Å². The molecular weight excluding hydrogens is 256 g/mol. The highest BCUT2D eigenvalue weighted by atomic mass is 16.6. The molecule has 0 saturated heterocycles. The van der Waals surface area contributed by atoms with Gasteiger partial charge in [0.2, 0.25) is 5.91 Å². The average molecular weight is 270 g/mol. The second-order valence-electron chi connectivity index (χ2n) is 3.64. The van der Waals surface area contributed by atoms with Crippen molar-refractivity contribution in [1.82, 2.24) is 15.1 Å². The van der Waals surface area contributed by atoms with E-state index < -0.39 is 10.9 Å². The Bertz CT molecular complexity index is 470. The van der Waals surface area contributed by atoms with Gasteiger partial charge in [-0.1, -0.05) is 0 Å². The van der Waals surface area contributed by atoms with Gasteiger partial charge in [-0.25, -0.2) is 0 Å². The predicted molar refractivity (Wildman–Crippen MR) is 63.1 cm³/mol. The van der Waals surface area contributed by atoms with Crippen LogP contribution >= 0.6 is 0 Å². The molecular formula is C10H14N4O5. The average Bonchev–Trinajstić information content (AvgIpc) is 2.85. The highest BCUT2D eigenvalue weighted by Gasteiger charge is 2.10. The maximum Gasteiger partial charge on any atom is 0.307 e. The number of methoxy groups -OCH3 is 1. The quantitative estimate of drug-likeness (QED) is 0.418. The number of hydrogen-bond acceptors (Lipinski definition) is 6. The number of ether oxygens (including phenoxy) is 1. The highest BCUT2D eigenvalue weighted by molar-refractivity contribution is 5.76. The minimum Gasteiger partial charge on any atom is -0.469 e. The fourth-order valence-corrected chi connectivity index (χ4v) is 1.28. The molecule has 0 aliphatic rings. The summed E-state index contributed by atoms with van der Waals surface area (Å²) in [5.41, 5.74) is -0.119. The number of carbonyl (C=O) groups excluding carboxylic acids is 2. The standard InChI is InChI=1S/C10H14N4O5/c1-19-10(16)2-4-11-9(15)3-5-13-7-8(6-12-13)14(17)18/h6-7H,2-5H2,1H3,(H,11,15). The number of hydrogen-bond donors (Lipinski definition) is 1. The van der Waals surface area contributed by atoms with Gasteiger partial charge in [0.1, 0.15) is 12.4 Å². The van der Waals surface area contributed by atoms with Crippen LogP contribution in [-0.2, 0) is 20.9 Å². The Morgan fingerprint density at radius 3 is 2.84 bits per heavy atom. The summed E-state index contributed by atoms with van der Waals surface area (Å²) in [4.78, 5) is 32.0. The van der Waals surface area contributed by atoms with E-state index in [1.807, 2.05) is 0 Å². The fourth-order valence-electron chi connectivity index (χ4n) is 1.28. The van der Waals surface area contributed by atoms with Crippen molar-refractivity contribution < 1.29 is 19.2 Å².